The molecule has 0 aromatic heterocycles. The third-order valence-corrected chi connectivity index (χ3v) is 4.81. The van der Waals surface area contributed by atoms with Gasteiger partial charge in [0.15, 0.2) is 0 Å². The maximum Gasteiger partial charge on any atom is 0.314 e. The molecule has 0 aromatic rings. The lowest BCUT2D eigenvalue weighted by atomic mass is 9.82. The second-order valence-electron chi connectivity index (χ2n) is 4.67. The van der Waals surface area contributed by atoms with Crippen LogP contribution >= 0.6 is 0 Å². The fourth-order valence-corrected chi connectivity index (χ4v) is 1.86. The molecule has 7 heteroatoms. The average molecular weight is 292 g/mol. The first-order chi connectivity index (χ1) is 8.79. The van der Waals surface area contributed by atoms with E-state index in [1.807, 2.05) is 0 Å². The summed E-state index contributed by atoms with van der Waals surface area (Å²) in [6.07, 6.45) is 2.48. The van der Waals surface area contributed by atoms with Crippen LogP contribution in [-0.2, 0) is 15.6 Å². The zero-order chi connectivity index (χ0) is 15.1. The molecule has 112 valence electrons. The quantitative estimate of drug-likeness (QED) is 0.620. The smallest absolute Gasteiger partial charge is 0.314 e. The molecule has 2 atom stereocenters. The molecule has 19 heavy (non-hydrogen) atoms. The van der Waals surface area contributed by atoms with Gasteiger partial charge in [-0.15, -0.1) is 0 Å². The van der Waals surface area contributed by atoms with Crippen LogP contribution in [0.4, 0.5) is 4.79 Å². The fraction of sp³-hybridized carbons (Fsp3) is 0.833. The van der Waals surface area contributed by atoms with Gasteiger partial charge in [0, 0.05) is 35.4 Å². The van der Waals surface area contributed by atoms with Crippen LogP contribution in [0.1, 0.15) is 33.6 Å². The average Bonchev–Trinajstić information content (AvgIpc) is 2.37. The maximum absolute atomic E-state index is 11.6. The van der Waals surface area contributed by atoms with Gasteiger partial charge < -0.3 is 15.7 Å². The summed E-state index contributed by atoms with van der Waals surface area (Å²) in [6, 6.07) is -0.426. The molecule has 0 fully saturated rings. The van der Waals surface area contributed by atoms with Crippen molar-refractivity contribution in [3.8, 4) is 0 Å². The van der Waals surface area contributed by atoms with Crippen LogP contribution in [0.15, 0.2) is 0 Å². The number of nitrogens with one attached hydrogen (secondary N) is 2. The van der Waals surface area contributed by atoms with E-state index in [1.165, 1.54) is 0 Å². The second-order valence-corrected chi connectivity index (χ2v) is 6.47. The lowest BCUT2D eigenvalue weighted by Gasteiger charge is -2.26. The largest absolute Gasteiger partial charge is 0.481 e. The minimum absolute atomic E-state index is 0.0881. The second kappa shape index (κ2) is 8.14. The van der Waals surface area contributed by atoms with Crippen molar-refractivity contribution in [1.82, 2.24) is 10.6 Å². The molecule has 0 aliphatic carbocycles. The van der Waals surface area contributed by atoms with E-state index in [4.69, 9.17) is 0 Å². The number of carboxylic acid groups (broad SMARTS) is 1. The molecule has 0 aliphatic heterocycles. The van der Waals surface area contributed by atoms with Gasteiger partial charge in [-0.1, -0.05) is 13.8 Å². The predicted octanol–water partition coefficient (Wildman–Crippen LogP) is 0.944. The summed E-state index contributed by atoms with van der Waals surface area (Å²) < 4.78 is 11.1. The molecule has 0 saturated heterocycles. The molecule has 0 rings (SSSR count). The van der Waals surface area contributed by atoms with Crippen molar-refractivity contribution >= 4 is 22.8 Å². The molecule has 0 aliphatic rings. The number of aliphatic carboxylic acids is 1. The normalized spacial score (nSPS) is 14.5. The molecule has 2 amide bonds. The number of urea groups is 1. The van der Waals surface area contributed by atoms with E-state index in [2.05, 4.69) is 10.6 Å². The number of carbonyl (C=O) groups excluding carboxylic acids is 1. The van der Waals surface area contributed by atoms with Crippen LogP contribution in [-0.4, -0.2) is 45.9 Å². The number of carboxylic acids is 1. The highest BCUT2D eigenvalue weighted by Gasteiger charge is 2.35. The Morgan fingerprint density at radius 1 is 1.26 bits per heavy atom. The molecule has 0 bridgehead atoms. The van der Waals surface area contributed by atoms with Crippen LogP contribution in [0.5, 0.6) is 0 Å². The monoisotopic (exact) mass is 292 g/mol. The zero-order valence-electron chi connectivity index (χ0n) is 12.0. The first-order valence-electron chi connectivity index (χ1n) is 6.36. The van der Waals surface area contributed by atoms with Gasteiger partial charge in [-0.05, 0) is 19.8 Å². The molecular formula is C12H24N2O4S. The van der Waals surface area contributed by atoms with Crippen molar-refractivity contribution in [1.29, 1.82) is 0 Å². The summed E-state index contributed by atoms with van der Waals surface area (Å²) in [6.45, 7) is 5.74. The standard InChI is InChI=1S/C12H24N2O4S/c1-5-12(6-2,10(15)16)8-14-11(17)13-7-9(3)19(4)18/h9H,5-8H2,1-4H3,(H,15,16)(H2,13,14,17). The molecule has 6 nitrogen and oxygen atoms in total. The van der Waals surface area contributed by atoms with E-state index in [1.54, 1.807) is 27.0 Å². The minimum Gasteiger partial charge on any atom is -0.481 e. The molecule has 0 heterocycles. The van der Waals surface area contributed by atoms with Crippen molar-refractivity contribution in [2.45, 2.75) is 38.9 Å². The Kier molecular flexibility index (Phi) is 7.66. The van der Waals surface area contributed by atoms with Crippen molar-refractivity contribution in [2.24, 2.45) is 5.41 Å². The summed E-state index contributed by atoms with van der Waals surface area (Å²) in [4.78, 5) is 22.8. The Bertz CT molecular complexity index is 343. The maximum atomic E-state index is 11.6. The van der Waals surface area contributed by atoms with Gasteiger partial charge in [0.25, 0.3) is 0 Å². The van der Waals surface area contributed by atoms with Crippen LogP contribution in [0.3, 0.4) is 0 Å². The van der Waals surface area contributed by atoms with Crippen LogP contribution in [0.2, 0.25) is 0 Å². The van der Waals surface area contributed by atoms with Gasteiger partial charge in [-0.25, -0.2) is 4.79 Å². The van der Waals surface area contributed by atoms with Crippen LogP contribution < -0.4 is 10.6 Å². The lowest BCUT2D eigenvalue weighted by molar-refractivity contribution is -0.149. The Morgan fingerprint density at radius 3 is 2.16 bits per heavy atom. The third-order valence-electron chi connectivity index (χ3n) is 3.51. The molecular weight excluding hydrogens is 268 g/mol. The minimum atomic E-state index is -0.995. The Morgan fingerprint density at radius 2 is 1.79 bits per heavy atom. The number of hydrogen-bond donors (Lipinski definition) is 3. The van der Waals surface area contributed by atoms with E-state index in [9.17, 15) is 18.9 Å². The van der Waals surface area contributed by atoms with Crippen molar-refractivity contribution in [2.75, 3.05) is 19.3 Å². The van der Waals surface area contributed by atoms with Crippen LogP contribution in [0.25, 0.3) is 0 Å². The van der Waals surface area contributed by atoms with Gasteiger partial charge in [0.05, 0.1) is 5.41 Å². The third kappa shape index (κ3) is 5.59. The predicted molar refractivity (Wildman–Crippen MR) is 75.6 cm³/mol. The number of hydrogen-bond acceptors (Lipinski definition) is 3. The lowest BCUT2D eigenvalue weighted by Crippen LogP contribution is -2.47. The summed E-state index contributed by atoms with van der Waals surface area (Å²) in [7, 11) is -0.995. The van der Waals surface area contributed by atoms with Gasteiger partial charge in [0.2, 0.25) is 0 Å². The molecule has 0 saturated carbocycles. The van der Waals surface area contributed by atoms with Crippen molar-refractivity contribution in [3.05, 3.63) is 0 Å². The van der Waals surface area contributed by atoms with Crippen LogP contribution in [0, 0.1) is 5.41 Å². The van der Waals surface area contributed by atoms with E-state index >= 15 is 0 Å². The Labute approximate surface area is 116 Å². The highest BCUT2D eigenvalue weighted by atomic mass is 32.2. The molecule has 0 radical (unpaired) electrons. The summed E-state index contributed by atoms with van der Waals surface area (Å²) in [5, 5.41) is 14.2. The number of rotatable bonds is 8. The zero-order valence-corrected chi connectivity index (χ0v) is 12.8. The highest BCUT2D eigenvalue weighted by molar-refractivity contribution is 7.84. The van der Waals surface area contributed by atoms with Gasteiger partial charge >= 0.3 is 12.0 Å². The molecule has 2 unspecified atom stereocenters. The number of amides is 2. The number of carbonyl (C=O) groups is 2. The summed E-state index contributed by atoms with van der Waals surface area (Å²) in [5.74, 6) is -0.902. The van der Waals surface area contributed by atoms with Crippen molar-refractivity contribution < 1.29 is 18.9 Å². The van der Waals surface area contributed by atoms with Gasteiger partial charge in [-0.2, -0.15) is 0 Å². The van der Waals surface area contributed by atoms with Gasteiger partial charge in [0.1, 0.15) is 0 Å². The SMILES string of the molecule is CCC(CC)(CNC(=O)NCC(C)S(C)=O)C(=O)O. The van der Waals surface area contributed by atoms with E-state index in [0.29, 0.717) is 19.4 Å². The molecule has 0 aromatic carbocycles. The van der Waals surface area contributed by atoms with Crippen molar-refractivity contribution in [3.63, 3.8) is 0 Å². The van der Waals surface area contributed by atoms with E-state index < -0.39 is 28.2 Å². The summed E-state index contributed by atoms with van der Waals surface area (Å²) >= 11 is 0. The Hall–Kier alpha value is -1.11. The molecule has 0 spiro atoms. The first-order valence-corrected chi connectivity index (χ1v) is 7.98. The molecule has 3 N–H and O–H groups in total. The van der Waals surface area contributed by atoms with E-state index in [-0.39, 0.29) is 11.8 Å². The highest BCUT2D eigenvalue weighted by Crippen LogP contribution is 2.25. The summed E-state index contributed by atoms with van der Waals surface area (Å²) in [5.41, 5.74) is -0.920. The fourth-order valence-electron chi connectivity index (χ4n) is 1.54. The van der Waals surface area contributed by atoms with E-state index in [0.717, 1.165) is 0 Å². The first kappa shape index (κ1) is 17.9. The van der Waals surface area contributed by atoms with Gasteiger partial charge in [-0.3, -0.25) is 9.00 Å². The Balaban J connectivity index is 4.28. The topological polar surface area (TPSA) is 95.5 Å².